The van der Waals surface area contributed by atoms with Crippen molar-refractivity contribution in [1.29, 1.82) is 0 Å². The van der Waals surface area contributed by atoms with Crippen molar-refractivity contribution in [3.05, 3.63) is 60.2 Å². The number of nitrogens with one attached hydrogen (secondary N) is 2. The number of fused-ring (bicyclic) bond motifs is 1. The summed E-state index contributed by atoms with van der Waals surface area (Å²) in [6.45, 7) is 5.02. The van der Waals surface area contributed by atoms with Gasteiger partial charge in [-0.15, -0.1) is 0 Å². The molecule has 1 aliphatic rings. The van der Waals surface area contributed by atoms with Gasteiger partial charge in [-0.05, 0) is 17.7 Å². The number of aromatic nitrogens is 2. The van der Waals surface area contributed by atoms with Gasteiger partial charge in [0.05, 0.1) is 38.7 Å². The number of anilines is 2. The summed E-state index contributed by atoms with van der Waals surface area (Å²) in [5.74, 6) is 1.75. The second-order valence-corrected chi connectivity index (χ2v) is 6.67. The Kier molecular flexibility index (Phi) is 4.48. The van der Waals surface area contributed by atoms with Crippen LogP contribution in [-0.2, 0) is 6.54 Å². The first kappa shape index (κ1) is 15.8. The van der Waals surface area contributed by atoms with Gasteiger partial charge in [0, 0.05) is 11.9 Å². The normalized spacial score (nSPS) is 15.5. The molecule has 0 amide bonds. The molecule has 5 nitrogen and oxygen atoms in total. The van der Waals surface area contributed by atoms with Crippen molar-refractivity contribution in [3.63, 3.8) is 0 Å². The lowest BCUT2D eigenvalue weighted by atomic mass is 10.2. The molecule has 3 aromatic rings. The second-order valence-electron chi connectivity index (χ2n) is 6.67. The highest BCUT2D eigenvalue weighted by atomic mass is 15.3. The molecule has 25 heavy (non-hydrogen) atoms. The zero-order chi connectivity index (χ0) is 17.1. The molecule has 0 unspecified atom stereocenters. The van der Waals surface area contributed by atoms with Crippen LogP contribution in [0.15, 0.2) is 54.6 Å². The van der Waals surface area contributed by atoms with Gasteiger partial charge < -0.3 is 15.1 Å². The minimum Gasteiger partial charge on any atom is -0.365 e. The molecule has 0 bridgehead atoms. The lowest BCUT2D eigenvalue weighted by Gasteiger charge is -2.30. The van der Waals surface area contributed by atoms with E-state index < -0.39 is 0 Å². The Balaban J connectivity index is 1.64. The van der Waals surface area contributed by atoms with Gasteiger partial charge in [-0.3, -0.25) is 0 Å². The number of piperazine rings is 1. The summed E-state index contributed by atoms with van der Waals surface area (Å²) in [7, 11) is 2.24. The quantitative estimate of drug-likeness (QED) is 0.760. The van der Waals surface area contributed by atoms with Gasteiger partial charge in [0.1, 0.15) is 5.82 Å². The third kappa shape index (κ3) is 3.56. The van der Waals surface area contributed by atoms with Crippen molar-refractivity contribution in [2.45, 2.75) is 6.54 Å². The van der Waals surface area contributed by atoms with Crippen LogP contribution in [0.5, 0.6) is 0 Å². The largest absolute Gasteiger partial charge is 0.365 e. The van der Waals surface area contributed by atoms with Gasteiger partial charge in [0.15, 0.2) is 0 Å². The molecule has 0 radical (unpaired) electrons. The molecule has 1 saturated heterocycles. The lowest BCUT2D eigenvalue weighted by molar-refractivity contribution is -0.880. The predicted molar refractivity (Wildman–Crippen MR) is 102 cm³/mol. The molecule has 0 saturated carbocycles. The van der Waals surface area contributed by atoms with Crippen LogP contribution in [0.4, 0.5) is 11.8 Å². The van der Waals surface area contributed by atoms with Crippen LogP contribution in [0.2, 0.25) is 0 Å². The zero-order valence-corrected chi connectivity index (χ0v) is 14.6. The summed E-state index contributed by atoms with van der Waals surface area (Å²) in [6, 6.07) is 18.6. The van der Waals surface area contributed by atoms with Gasteiger partial charge in [-0.25, -0.2) is 4.98 Å². The molecule has 2 heterocycles. The molecule has 5 heteroatoms. The average Bonchev–Trinajstić information content (AvgIpc) is 2.67. The van der Waals surface area contributed by atoms with Gasteiger partial charge in [-0.2, -0.15) is 4.98 Å². The van der Waals surface area contributed by atoms with E-state index in [1.54, 1.807) is 4.90 Å². The first-order valence-corrected chi connectivity index (χ1v) is 8.90. The zero-order valence-electron chi connectivity index (χ0n) is 14.6. The van der Waals surface area contributed by atoms with Crippen molar-refractivity contribution >= 4 is 22.7 Å². The fourth-order valence-corrected chi connectivity index (χ4v) is 3.21. The van der Waals surface area contributed by atoms with Crippen molar-refractivity contribution < 1.29 is 4.90 Å². The monoisotopic (exact) mass is 334 g/mol. The van der Waals surface area contributed by atoms with Crippen LogP contribution in [0, 0.1) is 0 Å². The Hall–Kier alpha value is -2.66. The van der Waals surface area contributed by atoms with Crippen LogP contribution in [-0.4, -0.2) is 43.2 Å². The Morgan fingerprint density at radius 2 is 1.68 bits per heavy atom. The molecule has 1 fully saturated rings. The molecular weight excluding hydrogens is 310 g/mol. The number of benzene rings is 2. The molecule has 0 spiro atoms. The molecule has 128 valence electrons. The van der Waals surface area contributed by atoms with Crippen LogP contribution >= 0.6 is 0 Å². The smallest absolute Gasteiger partial charge is 0.228 e. The highest BCUT2D eigenvalue weighted by molar-refractivity contribution is 5.90. The first-order valence-electron chi connectivity index (χ1n) is 8.90. The van der Waals surface area contributed by atoms with E-state index in [1.165, 1.54) is 5.56 Å². The second kappa shape index (κ2) is 7.07. The third-order valence-corrected chi connectivity index (χ3v) is 4.79. The summed E-state index contributed by atoms with van der Waals surface area (Å²) in [5.41, 5.74) is 2.24. The Morgan fingerprint density at radius 1 is 0.960 bits per heavy atom. The minimum atomic E-state index is 0.758. The lowest BCUT2D eigenvalue weighted by Crippen LogP contribution is -3.12. The van der Waals surface area contributed by atoms with Crippen LogP contribution in [0.25, 0.3) is 10.9 Å². The number of hydrogen-bond donors (Lipinski definition) is 2. The molecule has 2 aromatic carbocycles. The first-order chi connectivity index (χ1) is 12.3. The highest BCUT2D eigenvalue weighted by Crippen LogP contribution is 2.24. The minimum absolute atomic E-state index is 0.758. The van der Waals surface area contributed by atoms with E-state index in [4.69, 9.17) is 9.97 Å². The molecule has 1 aliphatic heterocycles. The van der Waals surface area contributed by atoms with Crippen LogP contribution in [0.1, 0.15) is 5.56 Å². The Labute approximate surface area is 148 Å². The van der Waals surface area contributed by atoms with Crippen molar-refractivity contribution in [2.24, 2.45) is 0 Å². The summed E-state index contributed by atoms with van der Waals surface area (Å²) >= 11 is 0. The SMILES string of the molecule is C[NH+]1CCN(c2nc(NCc3ccccc3)c3ccccc3n2)CC1. The number of para-hydroxylation sites is 1. The van der Waals surface area contributed by atoms with Crippen molar-refractivity contribution in [3.8, 4) is 0 Å². The molecule has 0 aliphatic carbocycles. The number of hydrogen-bond acceptors (Lipinski definition) is 4. The van der Waals surface area contributed by atoms with Crippen molar-refractivity contribution in [1.82, 2.24) is 9.97 Å². The van der Waals surface area contributed by atoms with Gasteiger partial charge in [-0.1, -0.05) is 42.5 Å². The molecule has 2 N–H and O–H groups in total. The van der Waals surface area contributed by atoms with E-state index in [0.717, 1.165) is 55.4 Å². The maximum absolute atomic E-state index is 4.86. The fraction of sp³-hybridized carbons (Fsp3) is 0.300. The van der Waals surface area contributed by atoms with Gasteiger partial charge in [0.2, 0.25) is 5.95 Å². The maximum atomic E-state index is 4.86. The van der Waals surface area contributed by atoms with Gasteiger partial charge >= 0.3 is 0 Å². The predicted octanol–water partition coefficient (Wildman–Crippen LogP) is 1.58. The van der Waals surface area contributed by atoms with E-state index in [-0.39, 0.29) is 0 Å². The number of quaternary nitrogens is 1. The van der Waals surface area contributed by atoms with Crippen LogP contribution in [0.3, 0.4) is 0 Å². The van der Waals surface area contributed by atoms with Crippen molar-refractivity contribution in [2.75, 3.05) is 43.4 Å². The van der Waals surface area contributed by atoms with E-state index >= 15 is 0 Å². The summed E-state index contributed by atoms with van der Waals surface area (Å²) in [4.78, 5) is 13.5. The maximum Gasteiger partial charge on any atom is 0.228 e. The molecule has 4 rings (SSSR count). The van der Waals surface area contributed by atoms with E-state index in [0.29, 0.717) is 0 Å². The number of nitrogens with zero attached hydrogens (tertiary/aromatic N) is 3. The molecule has 0 atom stereocenters. The Morgan fingerprint density at radius 3 is 2.48 bits per heavy atom. The Bertz CT molecular complexity index is 841. The van der Waals surface area contributed by atoms with E-state index in [1.807, 2.05) is 18.2 Å². The fourth-order valence-electron chi connectivity index (χ4n) is 3.21. The third-order valence-electron chi connectivity index (χ3n) is 4.79. The van der Waals surface area contributed by atoms with E-state index in [9.17, 15) is 0 Å². The summed E-state index contributed by atoms with van der Waals surface area (Å²) < 4.78 is 0. The average molecular weight is 334 g/mol. The molecule has 1 aromatic heterocycles. The standard InChI is InChI=1S/C20H23N5/c1-24-11-13-25(14-12-24)20-22-18-10-6-5-9-17(18)19(23-20)21-15-16-7-3-2-4-8-16/h2-10H,11-15H2,1H3,(H,21,22,23)/p+1. The van der Waals surface area contributed by atoms with E-state index in [2.05, 4.69) is 53.7 Å². The summed E-state index contributed by atoms with van der Waals surface area (Å²) in [5, 5.41) is 4.58. The number of likely N-dealkylation sites (N-methyl/N-ethyl adjacent to an activating group) is 1. The highest BCUT2D eigenvalue weighted by Gasteiger charge is 2.20. The number of rotatable bonds is 4. The van der Waals surface area contributed by atoms with Crippen LogP contribution < -0.4 is 15.1 Å². The van der Waals surface area contributed by atoms with Gasteiger partial charge in [0.25, 0.3) is 0 Å². The molecular formula is C20H24N5+. The topological polar surface area (TPSA) is 45.5 Å². The summed E-state index contributed by atoms with van der Waals surface area (Å²) in [6.07, 6.45) is 0.